The molecule has 1 heterocycles. The van der Waals surface area contributed by atoms with E-state index < -0.39 is 0 Å². The Labute approximate surface area is 116 Å². The maximum atomic E-state index is 12.0. The first-order valence-corrected chi connectivity index (χ1v) is 6.99. The maximum absolute atomic E-state index is 12.0. The van der Waals surface area contributed by atoms with Crippen LogP contribution in [0.2, 0.25) is 0 Å². The standard InChI is InChI=1S/C14H17N3OS/c1-9-5-4-6-12(7-9)16-11(3)13(18)17-14-15-10(2)8-19-14/h4-8,11,16H,1-3H3,(H,15,17,18). The smallest absolute Gasteiger partial charge is 0.248 e. The number of hydrogen-bond donors (Lipinski definition) is 2. The van der Waals surface area contributed by atoms with Crippen molar-refractivity contribution in [3.8, 4) is 0 Å². The Morgan fingerprint density at radius 2 is 2.16 bits per heavy atom. The minimum absolute atomic E-state index is 0.0872. The van der Waals surface area contributed by atoms with Crippen LogP contribution in [-0.4, -0.2) is 16.9 Å². The molecule has 1 aromatic heterocycles. The van der Waals surface area contributed by atoms with Crippen molar-refractivity contribution in [1.29, 1.82) is 0 Å². The van der Waals surface area contributed by atoms with Crippen LogP contribution >= 0.6 is 11.3 Å². The van der Waals surface area contributed by atoms with Gasteiger partial charge in [0.15, 0.2) is 5.13 Å². The molecule has 2 aromatic rings. The van der Waals surface area contributed by atoms with Crippen LogP contribution in [0.5, 0.6) is 0 Å². The number of carbonyl (C=O) groups excluding carboxylic acids is 1. The highest BCUT2D eigenvalue weighted by Crippen LogP contribution is 2.16. The average molecular weight is 275 g/mol. The lowest BCUT2D eigenvalue weighted by atomic mass is 10.2. The fraction of sp³-hybridized carbons (Fsp3) is 0.286. The second kappa shape index (κ2) is 5.84. The van der Waals surface area contributed by atoms with Gasteiger partial charge in [-0.25, -0.2) is 4.98 Å². The molecular formula is C14H17N3OS. The van der Waals surface area contributed by atoms with Crippen molar-refractivity contribution in [2.45, 2.75) is 26.8 Å². The fourth-order valence-corrected chi connectivity index (χ4v) is 2.37. The molecule has 0 saturated heterocycles. The summed E-state index contributed by atoms with van der Waals surface area (Å²) in [4.78, 5) is 16.2. The zero-order chi connectivity index (χ0) is 13.8. The predicted octanol–water partition coefficient (Wildman–Crippen LogP) is 3.20. The summed E-state index contributed by atoms with van der Waals surface area (Å²) in [6, 6.07) is 7.63. The van der Waals surface area contributed by atoms with E-state index in [1.165, 1.54) is 11.3 Å². The first kappa shape index (κ1) is 13.5. The van der Waals surface area contributed by atoms with Gasteiger partial charge in [0.05, 0.1) is 5.69 Å². The van der Waals surface area contributed by atoms with Gasteiger partial charge in [-0.1, -0.05) is 12.1 Å². The Balaban J connectivity index is 1.96. The van der Waals surface area contributed by atoms with Gasteiger partial charge in [0.25, 0.3) is 0 Å². The lowest BCUT2D eigenvalue weighted by Gasteiger charge is -2.14. The summed E-state index contributed by atoms with van der Waals surface area (Å²) in [5.74, 6) is -0.0872. The molecule has 1 aromatic carbocycles. The third-order valence-electron chi connectivity index (χ3n) is 2.64. The summed E-state index contributed by atoms with van der Waals surface area (Å²) in [7, 11) is 0. The van der Waals surface area contributed by atoms with Crippen molar-refractivity contribution in [1.82, 2.24) is 4.98 Å². The van der Waals surface area contributed by atoms with Gasteiger partial charge in [0.2, 0.25) is 5.91 Å². The van der Waals surface area contributed by atoms with Gasteiger partial charge in [-0.05, 0) is 38.5 Å². The summed E-state index contributed by atoms with van der Waals surface area (Å²) in [5, 5.41) is 8.53. The highest BCUT2D eigenvalue weighted by Gasteiger charge is 2.14. The quantitative estimate of drug-likeness (QED) is 0.901. The van der Waals surface area contributed by atoms with E-state index in [-0.39, 0.29) is 11.9 Å². The summed E-state index contributed by atoms with van der Waals surface area (Å²) < 4.78 is 0. The Hall–Kier alpha value is -1.88. The Kier molecular flexibility index (Phi) is 4.16. The van der Waals surface area contributed by atoms with Crippen molar-refractivity contribution in [2.75, 3.05) is 10.6 Å². The van der Waals surface area contributed by atoms with Crippen molar-refractivity contribution < 1.29 is 4.79 Å². The van der Waals surface area contributed by atoms with E-state index in [0.717, 1.165) is 16.9 Å². The second-order valence-electron chi connectivity index (χ2n) is 4.52. The van der Waals surface area contributed by atoms with E-state index in [2.05, 4.69) is 15.6 Å². The molecule has 1 atom stereocenters. The Morgan fingerprint density at radius 3 is 2.79 bits per heavy atom. The van der Waals surface area contributed by atoms with Crippen molar-refractivity contribution in [2.24, 2.45) is 0 Å². The molecule has 0 bridgehead atoms. The molecule has 0 aliphatic carbocycles. The molecule has 100 valence electrons. The largest absolute Gasteiger partial charge is 0.374 e. The molecule has 5 heteroatoms. The van der Waals surface area contributed by atoms with Crippen LogP contribution in [-0.2, 0) is 4.79 Å². The van der Waals surface area contributed by atoms with Crippen LogP contribution in [0.4, 0.5) is 10.8 Å². The van der Waals surface area contributed by atoms with E-state index in [4.69, 9.17) is 0 Å². The number of nitrogens with one attached hydrogen (secondary N) is 2. The van der Waals surface area contributed by atoms with Gasteiger partial charge in [-0.15, -0.1) is 11.3 Å². The van der Waals surface area contributed by atoms with E-state index in [1.54, 1.807) is 0 Å². The zero-order valence-corrected chi connectivity index (χ0v) is 12.0. The monoisotopic (exact) mass is 275 g/mol. The second-order valence-corrected chi connectivity index (χ2v) is 5.38. The third kappa shape index (κ3) is 3.79. The van der Waals surface area contributed by atoms with E-state index >= 15 is 0 Å². The highest BCUT2D eigenvalue weighted by molar-refractivity contribution is 7.13. The number of aryl methyl sites for hydroxylation is 2. The highest BCUT2D eigenvalue weighted by atomic mass is 32.1. The summed E-state index contributed by atoms with van der Waals surface area (Å²) in [6.07, 6.45) is 0. The summed E-state index contributed by atoms with van der Waals surface area (Å²) in [5.41, 5.74) is 3.02. The Morgan fingerprint density at radius 1 is 1.37 bits per heavy atom. The van der Waals surface area contributed by atoms with Gasteiger partial charge in [0.1, 0.15) is 6.04 Å². The molecule has 0 aliphatic rings. The molecule has 0 spiro atoms. The van der Waals surface area contributed by atoms with Crippen LogP contribution in [0.3, 0.4) is 0 Å². The lowest BCUT2D eigenvalue weighted by Crippen LogP contribution is -2.31. The van der Waals surface area contributed by atoms with Crippen LogP contribution in [0.25, 0.3) is 0 Å². The zero-order valence-electron chi connectivity index (χ0n) is 11.2. The minimum atomic E-state index is -0.314. The van der Waals surface area contributed by atoms with Crippen LogP contribution < -0.4 is 10.6 Å². The number of nitrogens with zero attached hydrogens (tertiary/aromatic N) is 1. The number of carbonyl (C=O) groups is 1. The normalized spacial score (nSPS) is 11.9. The summed E-state index contributed by atoms with van der Waals surface area (Å²) in [6.45, 7) is 5.76. The molecular weight excluding hydrogens is 258 g/mol. The van der Waals surface area contributed by atoms with E-state index in [9.17, 15) is 4.79 Å². The summed E-state index contributed by atoms with van der Waals surface area (Å²) >= 11 is 1.43. The number of benzene rings is 1. The molecule has 0 saturated carbocycles. The molecule has 19 heavy (non-hydrogen) atoms. The average Bonchev–Trinajstić information content (AvgIpc) is 2.74. The number of hydrogen-bond acceptors (Lipinski definition) is 4. The molecule has 1 unspecified atom stereocenters. The number of thiazole rings is 1. The van der Waals surface area contributed by atoms with Crippen LogP contribution in [0.1, 0.15) is 18.2 Å². The van der Waals surface area contributed by atoms with Crippen LogP contribution in [0.15, 0.2) is 29.6 Å². The van der Waals surface area contributed by atoms with Gasteiger partial charge >= 0.3 is 0 Å². The predicted molar refractivity (Wildman–Crippen MR) is 79.7 cm³/mol. The number of anilines is 2. The van der Waals surface area contributed by atoms with Gasteiger partial charge in [0, 0.05) is 11.1 Å². The number of amides is 1. The molecule has 2 rings (SSSR count). The van der Waals surface area contributed by atoms with Gasteiger partial charge < -0.3 is 10.6 Å². The molecule has 1 amide bonds. The van der Waals surface area contributed by atoms with Crippen molar-refractivity contribution >= 4 is 28.1 Å². The van der Waals surface area contributed by atoms with E-state index in [1.807, 2.05) is 50.4 Å². The molecule has 2 N–H and O–H groups in total. The van der Waals surface area contributed by atoms with Gasteiger partial charge in [-0.2, -0.15) is 0 Å². The number of rotatable bonds is 4. The molecule has 0 aliphatic heterocycles. The van der Waals surface area contributed by atoms with Crippen molar-refractivity contribution in [3.05, 3.63) is 40.9 Å². The lowest BCUT2D eigenvalue weighted by molar-refractivity contribution is -0.116. The molecule has 0 radical (unpaired) electrons. The number of aromatic nitrogens is 1. The van der Waals surface area contributed by atoms with E-state index in [0.29, 0.717) is 5.13 Å². The third-order valence-corrected chi connectivity index (χ3v) is 3.52. The molecule has 0 fully saturated rings. The Bertz CT molecular complexity index is 580. The molecule has 4 nitrogen and oxygen atoms in total. The first-order valence-electron chi connectivity index (χ1n) is 6.11. The van der Waals surface area contributed by atoms with Gasteiger partial charge in [-0.3, -0.25) is 4.79 Å². The van der Waals surface area contributed by atoms with Crippen molar-refractivity contribution in [3.63, 3.8) is 0 Å². The topological polar surface area (TPSA) is 54.0 Å². The fourth-order valence-electron chi connectivity index (χ4n) is 1.68. The van der Waals surface area contributed by atoms with Crippen LogP contribution in [0, 0.1) is 13.8 Å². The SMILES string of the molecule is Cc1cccc(NC(C)C(=O)Nc2nc(C)cs2)c1. The first-order chi connectivity index (χ1) is 9.04. The maximum Gasteiger partial charge on any atom is 0.248 e. The minimum Gasteiger partial charge on any atom is -0.374 e.